The van der Waals surface area contributed by atoms with Crippen LogP contribution in [0.1, 0.15) is 6.42 Å². The number of aliphatic hydroxyl groups excluding tert-OH is 1. The number of thiazole rings is 1. The van der Waals surface area contributed by atoms with E-state index in [2.05, 4.69) is 20.5 Å². The zero-order chi connectivity index (χ0) is 21.7. The molecule has 2 aromatic carbocycles. The van der Waals surface area contributed by atoms with Gasteiger partial charge in [-0.15, -0.1) is 11.8 Å². The minimum absolute atomic E-state index is 0.0329. The van der Waals surface area contributed by atoms with Gasteiger partial charge in [0.05, 0.1) is 44.4 Å². The number of amides is 1. The van der Waals surface area contributed by atoms with E-state index in [4.69, 9.17) is 16.7 Å². The normalized spacial score (nSPS) is 18.1. The Hall–Kier alpha value is -2.27. The van der Waals surface area contributed by atoms with E-state index < -0.39 is 17.9 Å². The number of carbonyl (C=O) groups is 1. The van der Waals surface area contributed by atoms with Gasteiger partial charge in [0.25, 0.3) is 0 Å². The number of alkyl halides is 1. The van der Waals surface area contributed by atoms with Gasteiger partial charge in [0.2, 0.25) is 5.91 Å². The summed E-state index contributed by atoms with van der Waals surface area (Å²) in [4.78, 5) is 16.7. The summed E-state index contributed by atoms with van der Waals surface area (Å²) >= 11 is 8.85. The molecule has 6 nitrogen and oxygen atoms in total. The molecule has 1 aliphatic carbocycles. The van der Waals surface area contributed by atoms with Crippen LogP contribution in [-0.2, 0) is 4.79 Å². The number of nitrogens with zero attached hydrogens (tertiary/aromatic N) is 2. The SMILES string of the molecule is O=C(Nc1nc2ccc(-c3c(Cl)c(F)c(SCCO)c4[nH]ncc34)cc2s1)[C@@H]1C[C@@H]1F. The number of rotatable bonds is 6. The van der Waals surface area contributed by atoms with Gasteiger partial charge in [-0.25, -0.2) is 13.8 Å². The van der Waals surface area contributed by atoms with Crippen molar-refractivity contribution in [1.82, 2.24) is 15.2 Å². The van der Waals surface area contributed by atoms with Crippen LogP contribution in [0.25, 0.3) is 32.2 Å². The number of benzene rings is 2. The molecule has 1 aliphatic rings. The van der Waals surface area contributed by atoms with Crippen LogP contribution in [0.4, 0.5) is 13.9 Å². The summed E-state index contributed by atoms with van der Waals surface area (Å²) in [5.41, 5.74) is 2.34. The zero-order valence-electron chi connectivity index (χ0n) is 15.8. The van der Waals surface area contributed by atoms with Crippen molar-refractivity contribution in [3.8, 4) is 11.1 Å². The number of aliphatic hydroxyl groups is 1. The third-order valence-electron chi connectivity index (χ3n) is 5.04. The highest BCUT2D eigenvalue weighted by Gasteiger charge is 2.43. The van der Waals surface area contributed by atoms with Crippen LogP contribution < -0.4 is 5.32 Å². The van der Waals surface area contributed by atoms with Crippen molar-refractivity contribution >= 4 is 66.9 Å². The quantitative estimate of drug-likeness (QED) is 0.337. The van der Waals surface area contributed by atoms with Crippen molar-refractivity contribution in [2.45, 2.75) is 17.5 Å². The molecule has 0 saturated heterocycles. The summed E-state index contributed by atoms with van der Waals surface area (Å²) in [5, 5.41) is 19.6. The molecule has 1 amide bonds. The largest absolute Gasteiger partial charge is 0.396 e. The first kappa shape index (κ1) is 20.6. The lowest BCUT2D eigenvalue weighted by Gasteiger charge is -2.12. The molecule has 2 heterocycles. The van der Waals surface area contributed by atoms with Gasteiger partial charge in [0, 0.05) is 16.7 Å². The predicted molar refractivity (Wildman–Crippen MR) is 119 cm³/mol. The fraction of sp³-hybridized carbons (Fsp3) is 0.250. The van der Waals surface area contributed by atoms with Crippen LogP contribution in [0, 0.1) is 11.7 Å². The molecule has 0 bridgehead atoms. The number of carbonyl (C=O) groups excluding carboxylic acids is 1. The number of aromatic nitrogens is 3. The van der Waals surface area contributed by atoms with E-state index in [-0.39, 0.29) is 24.0 Å². The zero-order valence-corrected chi connectivity index (χ0v) is 18.2. The van der Waals surface area contributed by atoms with Crippen LogP contribution in [0.5, 0.6) is 0 Å². The summed E-state index contributed by atoms with van der Waals surface area (Å²) in [6, 6.07) is 5.37. The van der Waals surface area contributed by atoms with Gasteiger partial charge >= 0.3 is 0 Å². The standard InChI is InChI=1S/C20H15ClF2N4O2S2/c21-15-14(10-7-24-27-17(10)18(16(15)23)30-4-3-28)8-1-2-12-13(5-8)31-20(25-12)26-19(29)9-6-11(9)22/h1-2,5,7,9,11,28H,3-4,6H2,(H,24,27)(H,25,26,29)/t9-,11+/m1/s1. The van der Waals surface area contributed by atoms with Gasteiger partial charge < -0.3 is 10.4 Å². The predicted octanol–water partition coefficient (Wildman–Crippen LogP) is 5.01. The van der Waals surface area contributed by atoms with E-state index in [1.54, 1.807) is 18.3 Å². The monoisotopic (exact) mass is 480 g/mol. The summed E-state index contributed by atoms with van der Waals surface area (Å²) in [7, 11) is 0. The Morgan fingerprint density at radius 3 is 3.00 bits per heavy atom. The third-order valence-corrected chi connectivity index (χ3v) is 7.39. The molecule has 3 N–H and O–H groups in total. The van der Waals surface area contributed by atoms with E-state index in [0.29, 0.717) is 43.3 Å². The lowest BCUT2D eigenvalue weighted by atomic mass is 10.0. The van der Waals surface area contributed by atoms with E-state index >= 15 is 4.39 Å². The summed E-state index contributed by atoms with van der Waals surface area (Å²) in [6.07, 6.45) is 0.761. The van der Waals surface area contributed by atoms with Crippen LogP contribution in [0.3, 0.4) is 0 Å². The highest BCUT2D eigenvalue weighted by Crippen LogP contribution is 2.43. The van der Waals surface area contributed by atoms with Gasteiger partial charge in [-0.05, 0) is 24.1 Å². The van der Waals surface area contributed by atoms with Crippen LogP contribution in [0.2, 0.25) is 5.02 Å². The Kier molecular flexibility index (Phi) is 5.33. The summed E-state index contributed by atoms with van der Waals surface area (Å²) in [6.45, 7) is -0.0905. The first-order valence-electron chi connectivity index (χ1n) is 9.41. The van der Waals surface area contributed by atoms with Crippen molar-refractivity contribution in [2.75, 3.05) is 17.7 Å². The molecule has 2 aromatic heterocycles. The first-order chi connectivity index (χ1) is 15.0. The second-order valence-electron chi connectivity index (χ2n) is 7.11. The van der Waals surface area contributed by atoms with Crippen molar-refractivity contribution < 1.29 is 18.7 Å². The number of anilines is 1. The molecule has 0 radical (unpaired) electrons. The van der Waals surface area contributed by atoms with E-state index in [1.165, 1.54) is 11.3 Å². The van der Waals surface area contributed by atoms with E-state index in [0.717, 1.165) is 16.5 Å². The number of thioether (sulfide) groups is 1. The molecule has 0 spiro atoms. The van der Waals surface area contributed by atoms with E-state index in [9.17, 15) is 9.18 Å². The van der Waals surface area contributed by atoms with Crippen LogP contribution >= 0.6 is 34.7 Å². The molecule has 2 atom stereocenters. The number of hydrogen-bond acceptors (Lipinski definition) is 6. The minimum Gasteiger partial charge on any atom is -0.396 e. The molecular formula is C20H15ClF2N4O2S2. The molecule has 5 rings (SSSR count). The molecule has 0 unspecified atom stereocenters. The molecule has 160 valence electrons. The van der Waals surface area contributed by atoms with Crippen LogP contribution in [-0.4, -0.2) is 44.7 Å². The maximum absolute atomic E-state index is 15.1. The van der Waals surface area contributed by atoms with Crippen molar-refractivity contribution in [3.63, 3.8) is 0 Å². The molecule has 0 aliphatic heterocycles. The second kappa shape index (κ2) is 8.01. The lowest BCUT2D eigenvalue weighted by molar-refractivity contribution is -0.117. The Labute approximate surface area is 188 Å². The highest BCUT2D eigenvalue weighted by molar-refractivity contribution is 7.99. The molecule has 1 fully saturated rings. The topological polar surface area (TPSA) is 90.9 Å². The number of aromatic amines is 1. The minimum atomic E-state index is -1.08. The third kappa shape index (κ3) is 3.67. The fourth-order valence-electron chi connectivity index (χ4n) is 3.42. The fourth-order valence-corrected chi connectivity index (χ4v) is 5.51. The maximum Gasteiger partial charge on any atom is 0.232 e. The molecule has 4 aromatic rings. The van der Waals surface area contributed by atoms with Crippen molar-refractivity contribution in [1.29, 1.82) is 0 Å². The van der Waals surface area contributed by atoms with Gasteiger partial charge in [-0.2, -0.15) is 5.10 Å². The smallest absolute Gasteiger partial charge is 0.232 e. The Morgan fingerprint density at radius 2 is 2.26 bits per heavy atom. The first-order valence-corrected chi connectivity index (χ1v) is 11.6. The Bertz CT molecular complexity index is 1330. The van der Waals surface area contributed by atoms with Crippen molar-refractivity contribution in [3.05, 3.63) is 35.2 Å². The number of nitrogens with one attached hydrogen (secondary N) is 2. The Balaban J connectivity index is 1.55. The number of hydrogen-bond donors (Lipinski definition) is 3. The number of halogens is 3. The Morgan fingerprint density at radius 1 is 1.45 bits per heavy atom. The van der Waals surface area contributed by atoms with Crippen molar-refractivity contribution in [2.24, 2.45) is 5.92 Å². The maximum atomic E-state index is 15.1. The summed E-state index contributed by atoms with van der Waals surface area (Å²) < 4.78 is 29.0. The van der Waals surface area contributed by atoms with Gasteiger partial charge in [0.15, 0.2) is 10.9 Å². The molecule has 1 saturated carbocycles. The average molecular weight is 481 g/mol. The average Bonchev–Trinajstić information content (AvgIpc) is 3.12. The molecule has 31 heavy (non-hydrogen) atoms. The van der Waals surface area contributed by atoms with Gasteiger partial charge in [-0.3, -0.25) is 9.89 Å². The lowest BCUT2D eigenvalue weighted by Crippen LogP contribution is -2.14. The highest BCUT2D eigenvalue weighted by atomic mass is 35.5. The van der Waals surface area contributed by atoms with E-state index in [1.807, 2.05) is 6.07 Å². The number of fused-ring (bicyclic) bond motifs is 2. The summed E-state index contributed by atoms with van der Waals surface area (Å²) in [5.74, 6) is -1.21. The van der Waals surface area contributed by atoms with Gasteiger partial charge in [-0.1, -0.05) is 29.0 Å². The molecule has 11 heteroatoms. The molecular weight excluding hydrogens is 466 g/mol. The van der Waals surface area contributed by atoms with Gasteiger partial charge in [0.1, 0.15) is 6.17 Å². The number of H-pyrrole nitrogens is 1. The second-order valence-corrected chi connectivity index (χ2v) is 9.63. The van der Waals surface area contributed by atoms with Crippen LogP contribution in [0.15, 0.2) is 29.3 Å².